The molecule has 0 bridgehead atoms. The molecular formula is C17H23NO3. The van der Waals surface area contributed by atoms with Gasteiger partial charge in [-0.2, -0.15) is 0 Å². The van der Waals surface area contributed by atoms with Gasteiger partial charge in [0.15, 0.2) is 5.78 Å². The molecule has 4 heteroatoms. The minimum absolute atomic E-state index is 0.113. The van der Waals surface area contributed by atoms with E-state index in [0.717, 1.165) is 36.8 Å². The molecule has 2 N–H and O–H groups in total. The number of carbonyl (C=O) groups excluding carboxylic acids is 2. The van der Waals surface area contributed by atoms with Crippen LogP contribution in [0.15, 0.2) is 12.1 Å². The number of benzene rings is 1. The molecule has 1 fully saturated rings. The normalized spacial score (nSPS) is 15.7. The van der Waals surface area contributed by atoms with Crippen molar-refractivity contribution >= 4 is 11.7 Å². The molecule has 114 valence electrons. The Hall–Kier alpha value is -1.84. The Morgan fingerprint density at radius 3 is 2.24 bits per heavy atom. The summed E-state index contributed by atoms with van der Waals surface area (Å²) in [4.78, 5) is 23.4. The van der Waals surface area contributed by atoms with Crippen molar-refractivity contribution < 1.29 is 14.3 Å². The Kier molecular flexibility index (Phi) is 4.99. The van der Waals surface area contributed by atoms with Crippen LogP contribution in [-0.2, 0) is 4.79 Å². The third-order valence-corrected chi connectivity index (χ3v) is 4.16. The van der Waals surface area contributed by atoms with Gasteiger partial charge in [0.25, 0.3) is 0 Å². The van der Waals surface area contributed by atoms with Gasteiger partial charge in [-0.25, -0.2) is 0 Å². The summed E-state index contributed by atoms with van der Waals surface area (Å²) in [6, 6.07) is 3.41. The number of Topliss-reactive ketones (excluding diaryl/α,β-unsaturated/α-hetero) is 1. The van der Waals surface area contributed by atoms with Gasteiger partial charge in [0.1, 0.15) is 12.4 Å². The average Bonchev–Trinajstić information content (AvgIpc) is 2.46. The molecule has 0 unspecified atom stereocenters. The molecule has 1 aliphatic rings. The standard InChI is InChI=1S/C17H23NO3/c1-11-8-14(17(18)20)9-12(2)16(11)21-10-15(19)13-6-4-3-5-7-13/h8-9,13H,3-7,10H2,1-2H3,(H2,18,20). The summed E-state index contributed by atoms with van der Waals surface area (Å²) in [5.41, 5.74) is 7.42. The molecule has 0 radical (unpaired) electrons. The lowest BCUT2D eigenvalue weighted by atomic mass is 9.86. The van der Waals surface area contributed by atoms with Crippen molar-refractivity contribution in [2.24, 2.45) is 11.7 Å². The van der Waals surface area contributed by atoms with Gasteiger partial charge in [0, 0.05) is 11.5 Å². The number of ketones is 1. The van der Waals surface area contributed by atoms with Crippen LogP contribution in [0.4, 0.5) is 0 Å². The minimum atomic E-state index is -0.453. The number of hydrogen-bond acceptors (Lipinski definition) is 3. The highest BCUT2D eigenvalue weighted by molar-refractivity contribution is 5.93. The predicted octanol–water partition coefficient (Wildman–Crippen LogP) is 2.93. The van der Waals surface area contributed by atoms with E-state index in [9.17, 15) is 9.59 Å². The first-order chi connectivity index (χ1) is 9.99. The lowest BCUT2D eigenvalue weighted by molar-refractivity contribution is -0.125. The van der Waals surface area contributed by atoms with Gasteiger partial charge >= 0.3 is 0 Å². The zero-order valence-corrected chi connectivity index (χ0v) is 12.8. The van der Waals surface area contributed by atoms with Gasteiger partial charge < -0.3 is 10.5 Å². The first-order valence-corrected chi connectivity index (χ1v) is 7.55. The van der Waals surface area contributed by atoms with Crippen molar-refractivity contribution in [3.05, 3.63) is 28.8 Å². The topological polar surface area (TPSA) is 69.4 Å². The van der Waals surface area contributed by atoms with Crippen LogP contribution in [0.25, 0.3) is 0 Å². The molecule has 1 amide bonds. The van der Waals surface area contributed by atoms with Gasteiger partial charge in [-0.3, -0.25) is 9.59 Å². The van der Waals surface area contributed by atoms with E-state index in [1.807, 2.05) is 13.8 Å². The molecule has 21 heavy (non-hydrogen) atoms. The van der Waals surface area contributed by atoms with Crippen molar-refractivity contribution in [2.75, 3.05) is 6.61 Å². The fourth-order valence-corrected chi connectivity index (χ4v) is 3.01. The first-order valence-electron chi connectivity index (χ1n) is 7.55. The molecule has 1 saturated carbocycles. The molecule has 0 saturated heterocycles. The van der Waals surface area contributed by atoms with Gasteiger partial charge in [-0.15, -0.1) is 0 Å². The van der Waals surface area contributed by atoms with Crippen LogP contribution >= 0.6 is 0 Å². The maximum atomic E-state index is 12.2. The third-order valence-electron chi connectivity index (χ3n) is 4.16. The Balaban J connectivity index is 2.02. The van der Waals surface area contributed by atoms with Gasteiger partial charge in [0.2, 0.25) is 5.91 Å². The van der Waals surface area contributed by atoms with E-state index >= 15 is 0 Å². The number of ether oxygens (including phenoxy) is 1. The van der Waals surface area contributed by atoms with E-state index in [-0.39, 0.29) is 18.3 Å². The summed E-state index contributed by atoms with van der Waals surface area (Å²) < 4.78 is 5.72. The molecule has 1 aromatic rings. The fourth-order valence-electron chi connectivity index (χ4n) is 3.01. The number of nitrogens with two attached hydrogens (primary N) is 1. The van der Waals surface area contributed by atoms with E-state index in [1.165, 1.54) is 6.42 Å². The highest BCUT2D eigenvalue weighted by atomic mass is 16.5. The maximum absolute atomic E-state index is 12.2. The molecule has 1 aliphatic carbocycles. The zero-order valence-electron chi connectivity index (χ0n) is 12.8. The maximum Gasteiger partial charge on any atom is 0.248 e. The number of hydrogen-bond donors (Lipinski definition) is 1. The summed E-state index contributed by atoms with van der Waals surface area (Å²) in [5, 5.41) is 0. The van der Waals surface area contributed by atoms with Crippen LogP contribution in [0.5, 0.6) is 5.75 Å². The highest BCUT2D eigenvalue weighted by Crippen LogP contribution is 2.27. The average molecular weight is 289 g/mol. The molecule has 1 aromatic carbocycles. The predicted molar refractivity (Wildman–Crippen MR) is 81.5 cm³/mol. The second-order valence-corrected chi connectivity index (χ2v) is 5.89. The summed E-state index contributed by atoms with van der Waals surface area (Å²) in [6.07, 6.45) is 5.49. The summed E-state index contributed by atoms with van der Waals surface area (Å²) in [5.74, 6) is 0.576. The highest BCUT2D eigenvalue weighted by Gasteiger charge is 2.22. The van der Waals surface area contributed by atoms with E-state index in [1.54, 1.807) is 12.1 Å². The van der Waals surface area contributed by atoms with Crippen LogP contribution in [0.3, 0.4) is 0 Å². The Bertz CT molecular complexity index is 522. The number of aryl methyl sites for hydroxylation is 2. The Morgan fingerprint density at radius 1 is 1.14 bits per heavy atom. The second kappa shape index (κ2) is 6.74. The SMILES string of the molecule is Cc1cc(C(N)=O)cc(C)c1OCC(=O)C1CCCCC1. The summed E-state index contributed by atoms with van der Waals surface area (Å²) in [6.45, 7) is 3.84. The summed E-state index contributed by atoms with van der Waals surface area (Å²) >= 11 is 0. The largest absolute Gasteiger partial charge is 0.485 e. The third kappa shape index (κ3) is 3.84. The van der Waals surface area contributed by atoms with Crippen LogP contribution in [0.1, 0.15) is 53.6 Å². The lowest BCUT2D eigenvalue weighted by Gasteiger charge is -2.21. The van der Waals surface area contributed by atoms with Gasteiger partial charge in [0.05, 0.1) is 0 Å². The van der Waals surface area contributed by atoms with Crippen molar-refractivity contribution in [1.82, 2.24) is 0 Å². The number of rotatable bonds is 5. The molecule has 0 aromatic heterocycles. The van der Waals surface area contributed by atoms with Crippen LogP contribution in [0.2, 0.25) is 0 Å². The molecule has 4 nitrogen and oxygen atoms in total. The quantitative estimate of drug-likeness (QED) is 0.906. The lowest BCUT2D eigenvalue weighted by Crippen LogP contribution is -2.24. The van der Waals surface area contributed by atoms with E-state index in [2.05, 4.69) is 0 Å². The molecule has 0 spiro atoms. The van der Waals surface area contributed by atoms with Crippen LogP contribution < -0.4 is 10.5 Å². The molecule has 2 rings (SSSR count). The van der Waals surface area contributed by atoms with Crippen molar-refractivity contribution in [1.29, 1.82) is 0 Å². The van der Waals surface area contributed by atoms with Crippen molar-refractivity contribution in [3.63, 3.8) is 0 Å². The van der Waals surface area contributed by atoms with E-state index in [0.29, 0.717) is 11.3 Å². The zero-order chi connectivity index (χ0) is 15.4. The fraction of sp³-hybridized carbons (Fsp3) is 0.529. The Labute approximate surface area is 125 Å². The monoisotopic (exact) mass is 289 g/mol. The summed E-state index contributed by atoms with van der Waals surface area (Å²) in [7, 11) is 0. The van der Waals surface area contributed by atoms with Crippen molar-refractivity contribution in [2.45, 2.75) is 46.0 Å². The van der Waals surface area contributed by atoms with Gasteiger partial charge in [-0.1, -0.05) is 19.3 Å². The molecule has 0 heterocycles. The first kappa shape index (κ1) is 15.5. The minimum Gasteiger partial charge on any atom is -0.485 e. The smallest absolute Gasteiger partial charge is 0.248 e. The van der Waals surface area contributed by atoms with Crippen LogP contribution in [0, 0.1) is 19.8 Å². The van der Waals surface area contributed by atoms with Crippen molar-refractivity contribution in [3.8, 4) is 5.75 Å². The molecule has 0 aliphatic heterocycles. The van der Waals surface area contributed by atoms with Crippen LogP contribution in [-0.4, -0.2) is 18.3 Å². The second-order valence-electron chi connectivity index (χ2n) is 5.89. The molecular weight excluding hydrogens is 266 g/mol. The number of carbonyl (C=O) groups is 2. The Morgan fingerprint density at radius 2 is 1.71 bits per heavy atom. The molecule has 0 atom stereocenters. The van der Waals surface area contributed by atoms with E-state index in [4.69, 9.17) is 10.5 Å². The van der Waals surface area contributed by atoms with E-state index < -0.39 is 5.91 Å². The number of amides is 1. The van der Waals surface area contributed by atoms with Gasteiger partial charge in [-0.05, 0) is 49.9 Å². The number of primary amides is 1.